The average molecular weight is 1080 g/mol. The molecule has 7 atom stereocenters. The lowest BCUT2D eigenvalue weighted by Gasteiger charge is -2.36. The zero-order valence-corrected chi connectivity index (χ0v) is 46.4. The number of benzene rings is 1. The SMILES string of the molecule is CCCN(C(=O)C[C@@H](C)CC)C(C[C@@H](OC(C)=O)c1nc(C(=O)N[C@H](Cc2ccc(NC(=O)[C@H](CCCNC(N)=O)NC(=O)C(NC(=O)CCCCCN3C(=O)C=CC3=O)C(C)C)cc2)C[C@H](C)C(=O)O)cs1)C(C)C. The molecule has 2 heterocycles. The maximum atomic E-state index is 13.9. The average Bonchev–Trinajstić information content (AvgIpc) is 3.98. The molecule has 76 heavy (non-hydrogen) atoms. The minimum absolute atomic E-state index is 0.0114. The van der Waals surface area contributed by atoms with E-state index in [0.29, 0.717) is 48.5 Å². The highest BCUT2D eigenvalue weighted by molar-refractivity contribution is 7.09. The van der Waals surface area contributed by atoms with Crippen molar-refractivity contribution in [3.8, 4) is 0 Å². The zero-order valence-electron chi connectivity index (χ0n) is 45.6. The standard InChI is InChI=1S/C54H81N9O12S/c1-10-25-62(47(68)27-34(7)11-2)42(32(3)4)30-43(75-36(9)64)52-60-41(31-76-52)50(70)58-39(28-35(8)53(72)73)29-37-18-20-38(21-19-37)57-49(69)40(16-15-24-56-54(55)74)59-51(71)48(33(5)6)61-44(65)17-13-12-14-26-63-45(66)22-23-46(63)67/h18-23,31-35,39-40,42-43,48H,10-17,24-30H2,1-9H3,(H,57,69)(H,58,70)(H,59,71)(H,61,65)(H,72,73)(H3,55,56,74)/t34-,35-,39-,40-,42?,43+,48?/m0/s1. The van der Waals surface area contributed by atoms with Gasteiger partial charge in [0.2, 0.25) is 23.6 Å². The van der Waals surface area contributed by atoms with Crippen LogP contribution < -0.4 is 32.3 Å². The van der Waals surface area contributed by atoms with Crippen LogP contribution in [0.4, 0.5) is 10.5 Å². The number of carboxylic acids is 1. The van der Waals surface area contributed by atoms with E-state index in [4.69, 9.17) is 10.5 Å². The molecule has 1 aromatic carbocycles. The molecule has 1 aliphatic rings. The van der Waals surface area contributed by atoms with Crippen molar-refractivity contribution >= 4 is 76.3 Å². The number of thiazole rings is 1. The van der Waals surface area contributed by atoms with Crippen LogP contribution in [0.25, 0.3) is 0 Å². The summed E-state index contributed by atoms with van der Waals surface area (Å²) < 4.78 is 5.80. The summed E-state index contributed by atoms with van der Waals surface area (Å²) in [5, 5.41) is 25.5. The van der Waals surface area contributed by atoms with Crippen LogP contribution in [0.2, 0.25) is 0 Å². The normalized spacial score (nSPS) is 15.0. The van der Waals surface area contributed by atoms with Crippen molar-refractivity contribution in [1.82, 2.24) is 36.1 Å². The first-order chi connectivity index (χ1) is 35.9. The number of carboxylic acid groups (broad SMARTS) is 1. The number of unbranched alkanes of at least 4 members (excludes halogenated alkanes) is 2. The topological polar surface area (TPSA) is 306 Å². The van der Waals surface area contributed by atoms with E-state index in [-0.39, 0.29) is 105 Å². The quantitative estimate of drug-likeness (QED) is 0.0249. The van der Waals surface area contributed by atoms with Gasteiger partial charge in [0.05, 0.1) is 5.92 Å². The number of ether oxygens (including phenoxy) is 1. The number of rotatable bonds is 34. The Hall–Kier alpha value is -6.71. The fourth-order valence-corrected chi connectivity index (χ4v) is 9.46. The van der Waals surface area contributed by atoms with Gasteiger partial charge in [-0.3, -0.25) is 48.1 Å². The van der Waals surface area contributed by atoms with Gasteiger partial charge in [-0.05, 0) is 80.4 Å². The van der Waals surface area contributed by atoms with Crippen LogP contribution in [0.3, 0.4) is 0 Å². The van der Waals surface area contributed by atoms with Crippen LogP contribution in [0.5, 0.6) is 0 Å². The molecule has 1 aromatic heterocycles. The number of nitrogens with zero attached hydrogens (tertiary/aromatic N) is 3. The monoisotopic (exact) mass is 1080 g/mol. The van der Waals surface area contributed by atoms with Gasteiger partial charge in [0, 0.05) is 81.1 Å². The lowest BCUT2D eigenvalue weighted by molar-refractivity contribution is -0.149. The molecule has 3 rings (SSSR count). The van der Waals surface area contributed by atoms with Crippen LogP contribution >= 0.6 is 11.3 Å². The van der Waals surface area contributed by atoms with Crippen LogP contribution in [0, 0.1) is 23.7 Å². The van der Waals surface area contributed by atoms with Gasteiger partial charge in [0.1, 0.15) is 22.8 Å². The van der Waals surface area contributed by atoms with E-state index < -0.39 is 65.8 Å². The van der Waals surface area contributed by atoms with E-state index in [2.05, 4.69) is 31.6 Å². The third-order valence-corrected chi connectivity index (χ3v) is 14.1. The molecule has 22 heteroatoms. The van der Waals surface area contributed by atoms with Crippen LogP contribution in [-0.4, -0.2) is 123 Å². The molecule has 2 aromatic rings. The molecule has 0 saturated carbocycles. The zero-order chi connectivity index (χ0) is 56.6. The molecule has 420 valence electrons. The minimum atomic E-state index is -1.10. The first-order valence-corrected chi connectivity index (χ1v) is 27.3. The van der Waals surface area contributed by atoms with Crippen molar-refractivity contribution in [3.63, 3.8) is 0 Å². The molecule has 8 N–H and O–H groups in total. The Balaban J connectivity index is 1.74. The van der Waals surface area contributed by atoms with Gasteiger partial charge in [-0.25, -0.2) is 9.78 Å². The number of nitrogens with two attached hydrogens (primary N) is 1. The Bertz CT molecular complexity index is 2320. The number of carbonyl (C=O) groups is 10. The van der Waals surface area contributed by atoms with Gasteiger partial charge in [-0.15, -0.1) is 11.3 Å². The van der Waals surface area contributed by atoms with Gasteiger partial charge >= 0.3 is 18.0 Å². The molecule has 9 amide bonds. The van der Waals surface area contributed by atoms with Gasteiger partial charge in [0.15, 0.2) is 6.10 Å². The first-order valence-electron chi connectivity index (χ1n) is 26.5. The van der Waals surface area contributed by atoms with E-state index in [1.807, 2.05) is 39.5 Å². The highest BCUT2D eigenvalue weighted by atomic mass is 32.1. The van der Waals surface area contributed by atoms with Crippen LogP contribution in [0.15, 0.2) is 41.8 Å². The number of imide groups is 1. The second-order valence-electron chi connectivity index (χ2n) is 20.3. The second-order valence-corrected chi connectivity index (χ2v) is 21.2. The number of aromatic nitrogens is 1. The number of hydrogen-bond donors (Lipinski definition) is 7. The van der Waals surface area contributed by atoms with Crippen molar-refractivity contribution in [3.05, 3.63) is 58.1 Å². The highest BCUT2D eigenvalue weighted by Gasteiger charge is 2.34. The maximum absolute atomic E-state index is 13.9. The van der Waals surface area contributed by atoms with Crippen molar-refractivity contribution in [2.45, 2.75) is 170 Å². The summed E-state index contributed by atoms with van der Waals surface area (Å²) in [6.07, 6.45) is 6.09. The molecule has 0 aliphatic carbocycles. The number of hydrogen-bond acceptors (Lipinski definition) is 13. The van der Waals surface area contributed by atoms with Crippen molar-refractivity contribution < 1.29 is 57.8 Å². The lowest BCUT2D eigenvalue weighted by atomic mass is 9.94. The molecule has 2 unspecified atom stereocenters. The Morgan fingerprint density at radius 3 is 2.09 bits per heavy atom. The number of amides is 9. The minimum Gasteiger partial charge on any atom is -0.481 e. The van der Waals surface area contributed by atoms with Crippen LogP contribution in [0.1, 0.15) is 160 Å². The van der Waals surface area contributed by atoms with E-state index in [1.165, 1.54) is 26.0 Å². The van der Waals surface area contributed by atoms with Crippen LogP contribution in [-0.2, 0) is 49.5 Å². The number of primary amides is 1. The number of nitrogens with one attached hydrogen (secondary N) is 5. The van der Waals surface area contributed by atoms with Gasteiger partial charge < -0.3 is 47.1 Å². The van der Waals surface area contributed by atoms with Crippen molar-refractivity contribution in [2.75, 3.05) is 25.0 Å². The molecular formula is C54H81N9O12S. The Morgan fingerprint density at radius 1 is 0.842 bits per heavy atom. The first kappa shape index (κ1) is 63.6. The number of aliphatic carboxylic acids is 1. The molecule has 0 bridgehead atoms. The number of carbonyl (C=O) groups excluding carboxylic acids is 9. The molecule has 0 spiro atoms. The smallest absolute Gasteiger partial charge is 0.312 e. The van der Waals surface area contributed by atoms with E-state index >= 15 is 0 Å². The van der Waals surface area contributed by atoms with Gasteiger partial charge in [-0.2, -0.15) is 0 Å². The van der Waals surface area contributed by atoms with Gasteiger partial charge in [-0.1, -0.05) is 80.4 Å². The summed E-state index contributed by atoms with van der Waals surface area (Å²) in [7, 11) is 0. The second kappa shape index (κ2) is 32.0. The largest absolute Gasteiger partial charge is 0.481 e. The Morgan fingerprint density at radius 2 is 1.51 bits per heavy atom. The van der Waals surface area contributed by atoms with Crippen molar-refractivity contribution in [1.29, 1.82) is 0 Å². The highest BCUT2D eigenvalue weighted by Crippen LogP contribution is 2.32. The fraction of sp³-hybridized carbons (Fsp3) is 0.611. The lowest BCUT2D eigenvalue weighted by Crippen LogP contribution is -2.54. The summed E-state index contributed by atoms with van der Waals surface area (Å²) in [4.78, 5) is 135. The summed E-state index contributed by atoms with van der Waals surface area (Å²) in [6, 6.07) is 2.86. The molecule has 1 aliphatic heterocycles. The Kier molecular flexibility index (Phi) is 26.8. The number of urea groups is 1. The molecule has 0 fully saturated rings. The summed E-state index contributed by atoms with van der Waals surface area (Å²) in [5.41, 5.74) is 6.34. The fourth-order valence-electron chi connectivity index (χ4n) is 8.62. The number of esters is 1. The molecule has 21 nitrogen and oxygen atoms in total. The third-order valence-electron chi connectivity index (χ3n) is 13.1. The molecule has 0 radical (unpaired) electrons. The van der Waals surface area contributed by atoms with E-state index in [9.17, 15) is 53.1 Å². The van der Waals surface area contributed by atoms with Crippen molar-refractivity contribution in [2.24, 2.45) is 29.4 Å². The third kappa shape index (κ3) is 21.5. The van der Waals surface area contributed by atoms with E-state index in [1.54, 1.807) is 43.5 Å². The summed E-state index contributed by atoms with van der Waals surface area (Å²) >= 11 is 1.15. The predicted octanol–water partition coefficient (Wildman–Crippen LogP) is 5.79. The molecular weight excluding hydrogens is 999 g/mol. The van der Waals surface area contributed by atoms with E-state index in [0.717, 1.165) is 29.1 Å². The predicted molar refractivity (Wildman–Crippen MR) is 287 cm³/mol. The summed E-state index contributed by atoms with van der Waals surface area (Å²) in [6.45, 7) is 17.3. The summed E-state index contributed by atoms with van der Waals surface area (Å²) in [5.74, 6) is -5.41. The molecule has 0 saturated heterocycles. The number of anilines is 1. The Labute approximate surface area is 450 Å². The van der Waals surface area contributed by atoms with Gasteiger partial charge in [0.25, 0.3) is 17.7 Å². The maximum Gasteiger partial charge on any atom is 0.312 e.